The van der Waals surface area contributed by atoms with Crippen LogP contribution < -0.4 is 0 Å². The van der Waals surface area contributed by atoms with Crippen LogP contribution in [0.2, 0.25) is 0 Å². The fraction of sp³-hybridized carbons (Fsp3) is 0.444. The van der Waals surface area contributed by atoms with Gasteiger partial charge in [-0.25, -0.2) is 0 Å². The summed E-state index contributed by atoms with van der Waals surface area (Å²) < 4.78 is 0. The van der Waals surface area contributed by atoms with Gasteiger partial charge in [0.05, 0.1) is 18.7 Å². The summed E-state index contributed by atoms with van der Waals surface area (Å²) in [5, 5.41) is 9.43. The number of carbonyl (C=O) groups excluding carboxylic acids is 1. The molecule has 1 amide bonds. The standard InChI is InChI=1S/C9H12N2O2/c1-9(13)5-11(6-9)8(12)7-3-2-4-10-7/h2-4,10,13H,5-6H2,1H3. The van der Waals surface area contributed by atoms with Crippen LogP contribution in [0.5, 0.6) is 0 Å². The maximum Gasteiger partial charge on any atom is 0.270 e. The number of nitrogens with one attached hydrogen (secondary N) is 1. The molecule has 4 nitrogen and oxygen atoms in total. The van der Waals surface area contributed by atoms with Crippen molar-refractivity contribution in [1.29, 1.82) is 0 Å². The first-order chi connectivity index (χ1) is 6.08. The van der Waals surface area contributed by atoms with Crippen LogP contribution in [-0.2, 0) is 0 Å². The van der Waals surface area contributed by atoms with Crippen molar-refractivity contribution < 1.29 is 9.90 Å². The van der Waals surface area contributed by atoms with Gasteiger partial charge in [0.1, 0.15) is 5.69 Å². The zero-order chi connectivity index (χ0) is 9.47. The van der Waals surface area contributed by atoms with Crippen LogP contribution in [0, 0.1) is 0 Å². The number of aliphatic hydroxyl groups is 1. The third kappa shape index (κ3) is 1.45. The summed E-state index contributed by atoms with van der Waals surface area (Å²) >= 11 is 0. The van der Waals surface area contributed by atoms with E-state index in [2.05, 4.69) is 4.98 Å². The van der Waals surface area contributed by atoms with Gasteiger partial charge in [0.2, 0.25) is 0 Å². The molecule has 0 bridgehead atoms. The molecule has 1 aliphatic rings. The van der Waals surface area contributed by atoms with Crippen LogP contribution in [0.15, 0.2) is 18.3 Å². The van der Waals surface area contributed by atoms with Gasteiger partial charge in [-0.1, -0.05) is 0 Å². The number of β-amino-alcohol motifs (C(OH)–C–C–N with tert-alkyl or cyclic N) is 1. The number of aromatic nitrogens is 1. The number of hydrogen-bond acceptors (Lipinski definition) is 2. The third-order valence-corrected chi connectivity index (χ3v) is 2.18. The van der Waals surface area contributed by atoms with E-state index in [0.717, 1.165) is 0 Å². The van der Waals surface area contributed by atoms with Gasteiger partial charge in [-0.3, -0.25) is 4.79 Å². The smallest absolute Gasteiger partial charge is 0.270 e. The normalized spacial score (nSPS) is 19.7. The Bertz CT molecular complexity index is 308. The van der Waals surface area contributed by atoms with Crippen LogP contribution in [0.1, 0.15) is 17.4 Å². The molecule has 0 atom stereocenters. The number of H-pyrrole nitrogens is 1. The summed E-state index contributed by atoms with van der Waals surface area (Å²) in [6.45, 7) is 2.57. The van der Waals surface area contributed by atoms with E-state index in [-0.39, 0.29) is 5.91 Å². The molecule has 70 valence electrons. The Kier molecular flexibility index (Phi) is 1.66. The highest BCUT2D eigenvalue weighted by Gasteiger charge is 2.39. The van der Waals surface area contributed by atoms with Crippen LogP contribution in [0.3, 0.4) is 0 Å². The molecule has 1 saturated heterocycles. The maximum atomic E-state index is 11.6. The highest BCUT2D eigenvalue weighted by Crippen LogP contribution is 2.21. The number of carbonyl (C=O) groups is 1. The van der Waals surface area contributed by atoms with E-state index in [1.807, 2.05) is 0 Å². The Morgan fingerprint density at radius 3 is 2.85 bits per heavy atom. The number of amides is 1. The molecule has 13 heavy (non-hydrogen) atoms. The first-order valence-corrected chi connectivity index (χ1v) is 4.23. The summed E-state index contributed by atoms with van der Waals surface area (Å²) in [5.74, 6) is -0.0449. The second-order valence-electron chi connectivity index (χ2n) is 3.74. The van der Waals surface area contributed by atoms with Crippen molar-refractivity contribution >= 4 is 5.91 Å². The average molecular weight is 180 g/mol. The van der Waals surface area contributed by atoms with Crippen molar-refractivity contribution in [2.24, 2.45) is 0 Å². The minimum Gasteiger partial charge on any atom is -0.386 e. The van der Waals surface area contributed by atoms with E-state index < -0.39 is 5.60 Å². The molecule has 0 saturated carbocycles. The molecular weight excluding hydrogens is 168 g/mol. The summed E-state index contributed by atoms with van der Waals surface area (Å²) in [4.78, 5) is 16.0. The number of nitrogens with zero attached hydrogens (tertiary/aromatic N) is 1. The zero-order valence-corrected chi connectivity index (χ0v) is 7.45. The van der Waals surface area contributed by atoms with Gasteiger partial charge >= 0.3 is 0 Å². The topological polar surface area (TPSA) is 56.3 Å². The molecule has 1 aliphatic heterocycles. The SMILES string of the molecule is CC1(O)CN(C(=O)c2ccc[nH]2)C1. The van der Waals surface area contributed by atoms with Crippen molar-refractivity contribution in [3.05, 3.63) is 24.0 Å². The lowest BCUT2D eigenvalue weighted by molar-refractivity contribution is -0.0670. The molecule has 0 radical (unpaired) electrons. The molecule has 0 unspecified atom stereocenters. The van der Waals surface area contributed by atoms with E-state index in [0.29, 0.717) is 18.8 Å². The largest absolute Gasteiger partial charge is 0.386 e. The number of likely N-dealkylation sites (tertiary alicyclic amines) is 1. The predicted octanol–water partition coefficient (Wildman–Crippen LogP) is 0.222. The minimum absolute atomic E-state index is 0.0449. The fourth-order valence-electron chi connectivity index (χ4n) is 1.55. The van der Waals surface area contributed by atoms with Crippen LogP contribution in [0.25, 0.3) is 0 Å². The third-order valence-electron chi connectivity index (χ3n) is 2.18. The molecule has 0 spiro atoms. The second kappa shape index (κ2) is 2.60. The van der Waals surface area contributed by atoms with Crippen molar-refractivity contribution in [3.8, 4) is 0 Å². The summed E-state index contributed by atoms with van der Waals surface area (Å²) in [6, 6.07) is 3.51. The lowest BCUT2D eigenvalue weighted by Crippen LogP contribution is -2.61. The van der Waals surface area contributed by atoms with Gasteiger partial charge in [-0.15, -0.1) is 0 Å². The molecule has 4 heteroatoms. The van der Waals surface area contributed by atoms with Crippen LogP contribution in [0.4, 0.5) is 0 Å². The van der Waals surface area contributed by atoms with Crippen molar-refractivity contribution in [1.82, 2.24) is 9.88 Å². The number of rotatable bonds is 1. The van der Waals surface area contributed by atoms with Gasteiger partial charge in [0.15, 0.2) is 0 Å². The first-order valence-electron chi connectivity index (χ1n) is 4.23. The predicted molar refractivity (Wildman–Crippen MR) is 47.3 cm³/mol. The molecule has 2 N–H and O–H groups in total. The molecule has 0 aromatic carbocycles. The summed E-state index contributed by atoms with van der Waals surface area (Å²) in [6.07, 6.45) is 1.71. The van der Waals surface area contributed by atoms with E-state index in [9.17, 15) is 9.90 Å². The molecular formula is C9H12N2O2. The quantitative estimate of drug-likeness (QED) is 0.649. The van der Waals surface area contributed by atoms with Crippen molar-refractivity contribution in [2.75, 3.05) is 13.1 Å². The zero-order valence-electron chi connectivity index (χ0n) is 7.45. The van der Waals surface area contributed by atoms with Crippen LogP contribution >= 0.6 is 0 Å². The minimum atomic E-state index is -0.692. The lowest BCUT2D eigenvalue weighted by atomic mass is 9.97. The summed E-state index contributed by atoms with van der Waals surface area (Å²) in [5.41, 5.74) is -0.113. The lowest BCUT2D eigenvalue weighted by Gasteiger charge is -2.43. The first kappa shape index (κ1) is 8.31. The average Bonchev–Trinajstić information content (AvgIpc) is 2.50. The van der Waals surface area contributed by atoms with Crippen molar-refractivity contribution in [3.63, 3.8) is 0 Å². The second-order valence-corrected chi connectivity index (χ2v) is 3.74. The molecule has 1 aromatic heterocycles. The summed E-state index contributed by atoms with van der Waals surface area (Å²) in [7, 11) is 0. The van der Waals surface area contributed by atoms with Crippen molar-refractivity contribution in [2.45, 2.75) is 12.5 Å². The number of aromatic amines is 1. The number of hydrogen-bond donors (Lipinski definition) is 2. The van der Waals surface area contributed by atoms with E-state index in [1.54, 1.807) is 30.2 Å². The molecule has 2 rings (SSSR count). The Labute approximate surface area is 76.2 Å². The van der Waals surface area contributed by atoms with Crippen LogP contribution in [-0.4, -0.2) is 39.6 Å². The Hall–Kier alpha value is -1.29. The highest BCUT2D eigenvalue weighted by molar-refractivity contribution is 5.93. The van der Waals surface area contributed by atoms with Gasteiger partial charge in [0.25, 0.3) is 5.91 Å². The van der Waals surface area contributed by atoms with Gasteiger partial charge in [-0.2, -0.15) is 0 Å². The van der Waals surface area contributed by atoms with Gasteiger partial charge in [-0.05, 0) is 19.1 Å². The Morgan fingerprint density at radius 2 is 2.38 bits per heavy atom. The maximum absolute atomic E-state index is 11.6. The molecule has 1 fully saturated rings. The Morgan fingerprint density at radius 1 is 1.69 bits per heavy atom. The van der Waals surface area contributed by atoms with E-state index in [4.69, 9.17) is 0 Å². The van der Waals surface area contributed by atoms with Gasteiger partial charge < -0.3 is 15.0 Å². The van der Waals surface area contributed by atoms with Gasteiger partial charge in [0, 0.05) is 6.20 Å². The molecule has 2 heterocycles. The molecule has 1 aromatic rings. The molecule has 0 aliphatic carbocycles. The Balaban J connectivity index is 2.02. The monoisotopic (exact) mass is 180 g/mol. The fourth-order valence-corrected chi connectivity index (χ4v) is 1.55. The van der Waals surface area contributed by atoms with E-state index >= 15 is 0 Å². The van der Waals surface area contributed by atoms with E-state index in [1.165, 1.54) is 0 Å². The highest BCUT2D eigenvalue weighted by atomic mass is 16.3.